The van der Waals surface area contributed by atoms with E-state index in [2.05, 4.69) is 13.8 Å². The molecule has 0 aliphatic rings. The van der Waals surface area contributed by atoms with Gasteiger partial charge in [-0.15, -0.1) is 0 Å². The van der Waals surface area contributed by atoms with Gasteiger partial charge < -0.3 is 0 Å². The molecule has 0 atom stereocenters. The van der Waals surface area contributed by atoms with Crippen molar-refractivity contribution in [2.75, 3.05) is 13.1 Å². The molecule has 0 amide bonds. The molecule has 0 aliphatic heterocycles. The van der Waals surface area contributed by atoms with E-state index in [0.717, 1.165) is 19.5 Å². The van der Waals surface area contributed by atoms with Crippen LogP contribution in [0.2, 0.25) is 0 Å². The maximum absolute atomic E-state index is 5.60. The van der Waals surface area contributed by atoms with Gasteiger partial charge in [0, 0.05) is 13.1 Å². The molecule has 0 saturated carbocycles. The molecule has 0 bridgehead atoms. The second-order valence-electron chi connectivity index (χ2n) is 2.39. The average Bonchev–Trinajstić information content (AvgIpc) is 1.85. The molecule has 56 valence electrons. The van der Waals surface area contributed by atoms with Crippen LogP contribution in [0.25, 0.3) is 0 Å². The van der Waals surface area contributed by atoms with E-state index in [9.17, 15) is 0 Å². The first-order chi connectivity index (χ1) is 4.31. The second kappa shape index (κ2) is 6.05. The summed E-state index contributed by atoms with van der Waals surface area (Å²) in [6.45, 7) is 6.40. The molecule has 0 aromatic carbocycles. The summed E-state index contributed by atoms with van der Waals surface area (Å²) < 4.78 is 0. The Morgan fingerprint density at radius 3 is 2.22 bits per heavy atom. The molecule has 0 radical (unpaired) electrons. The number of hydrogen-bond acceptors (Lipinski definition) is 2. The van der Waals surface area contributed by atoms with Crippen molar-refractivity contribution in [3.63, 3.8) is 0 Å². The number of unbranched alkanes of at least 4 members (excludes halogenated alkanes) is 1. The van der Waals surface area contributed by atoms with E-state index in [4.69, 9.17) is 5.84 Å². The standard InChI is InChI=1S/C7H18N2/c1-3-5-7-9(8)6-4-2/h3-8H2,1-2H3. The molecule has 2 nitrogen and oxygen atoms in total. The van der Waals surface area contributed by atoms with E-state index in [-0.39, 0.29) is 0 Å². The molecule has 0 saturated heterocycles. The quantitative estimate of drug-likeness (QED) is 0.450. The predicted octanol–water partition coefficient (Wildman–Crippen LogP) is 1.37. The van der Waals surface area contributed by atoms with E-state index in [1.54, 1.807) is 0 Å². The molecule has 0 heterocycles. The zero-order valence-electron chi connectivity index (χ0n) is 6.56. The largest absolute Gasteiger partial charge is 0.269 e. The average molecular weight is 130 g/mol. The van der Waals surface area contributed by atoms with Crippen LogP contribution in [-0.4, -0.2) is 18.1 Å². The molecule has 2 heteroatoms. The number of nitrogens with two attached hydrogens (primary N) is 1. The first-order valence-corrected chi connectivity index (χ1v) is 3.80. The molecule has 0 rings (SSSR count). The highest BCUT2D eigenvalue weighted by molar-refractivity contribution is 4.45. The highest BCUT2D eigenvalue weighted by Gasteiger charge is 1.92. The number of hydrogen-bond donors (Lipinski definition) is 1. The highest BCUT2D eigenvalue weighted by atomic mass is 15.4. The third-order valence-corrected chi connectivity index (χ3v) is 1.31. The zero-order chi connectivity index (χ0) is 7.11. The van der Waals surface area contributed by atoms with Gasteiger partial charge in [-0.25, -0.2) is 5.01 Å². The van der Waals surface area contributed by atoms with E-state index >= 15 is 0 Å². The normalized spacial score (nSPS) is 10.7. The van der Waals surface area contributed by atoms with E-state index < -0.39 is 0 Å². The van der Waals surface area contributed by atoms with Crippen LogP contribution in [0.4, 0.5) is 0 Å². The van der Waals surface area contributed by atoms with Crippen LogP contribution in [-0.2, 0) is 0 Å². The highest BCUT2D eigenvalue weighted by Crippen LogP contribution is 1.89. The van der Waals surface area contributed by atoms with Crippen LogP contribution in [0, 0.1) is 0 Å². The van der Waals surface area contributed by atoms with Crippen molar-refractivity contribution in [2.45, 2.75) is 33.1 Å². The number of rotatable bonds is 5. The Morgan fingerprint density at radius 1 is 1.11 bits per heavy atom. The van der Waals surface area contributed by atoms with E-state index in [0.29, 0.717) is 0 Å². The molecular weight excluding hydrogens is 112 g/mol. The molecule has 0 aliphatic carbocycles. The minimum absolute atomic E-state index is 1.03. The third kappa shape index (κ3) is 5.80. The van der Waals surface area contributed by atoms with E-state index in [1.165, 1.54) is 12.8 Å². The van der Waals surface area contributed by atoms with Crippen molar-refractivity contribution in [3.8, 4) is 0 Å². The lowest BCUT2D eigenvalue weighted by atomic mass is 10.3. The van der Waals surface area contributed by atoms with Crippen molar-refractivity contribution in [1.29, 1.82) is 0 Å². The Balaban J connectivity index is 2.95. The predicted molar refractivity (Wildman–Crippen MR) is 41.0 cm³/mol. The fraction of sp³-hybridized carbons (Fsp3) is 1.00. The van der Waals surface area contributed by atoms with Crippen LogP contribution in [0.5, 0.6) is 0 Å². The number of hydrazine groups is 1. The Hall–Kier alpha value is -0.0800. The summed E-state index contributed by atoms with van der Waals surface area (Å²) in [7, 11) is 0. The van der Waals surface area contributed by atoms with Gasteiger partial charge in [0.1, 0.15) is 0 Å². The number of nitrogens with zero attached hydrogens (tertiary/aromatic N) is 1. The zero-order valence-corrected chi connectivity index (χ0v) is 6.56. The van der Waals surface area contributed by atoms with Crippen LogP contribution in [0.3, 0.4) is 0 Å². The summed E-state index contributed by atoms with van der Waals surface area (Å²) in [5.41, 5.74) is 0. The molecule has 0 aromatic heterocycles. The van der Waals surface area contributed by atoms with Crippen LogP contribution in [0.15, 0.2) is 0 Å². The van der Waals surface area contributed by atoms with Gasteiger partial charge in [0.25, 0.3) is 0 Å². The minimum atomic E-state index is 1.03. The molecule has 2 N–H and O–H groups in total. The summed E-state index contributed by atoms with van der Waals surface area (Å²) in [5, 5.41) is 1.89. The topological polar surface area (TPSA) is 29.3 Å². The summed E-state index contributed by atoms with van der Waals surface area (Å²) >= 11 is 0. The Morgan fingerprint density at radius 2 is 1.78 bits per heavy atom. The first-order valence-electron chi connectivity index (χ1n) is 3.80. The van der Waals surface area contributed by atoms with Crippen LogP contribution >= 0.6 is 0 Å². The van der Waals surface area contributed by atoms with Gasteiger partial charge in [-0.2, -0.15) is 0 Å². The summed E-state index contributed by atoms with van der Waals surface area (Å²) in [6, 6.07) is 0. The van der Waals surface area contributed by atoms with Gasteiger partial charge in [0.2, 0.25) is 0 Å². The molecule has 9 heavy (non-hydrogen) atoms. The van der Waals surface area contributed by atoms with Gasteiger partial charge in [0.15, 0.2) is 0 Å². The minimum Gasteiger partial charge on any atom is -0.269 e. The SMILES string of the molecule is CCCCN(N)CCC. The fourth-order valence-electron chi connectivity index (χ4n) is 0.760. The lowest BCUT2D eigenvalue weighted by molar-refractivity contribution is 0.279. The molecule has 0 fully saturated rings. The Labute approximate surface area is 58.0 Å². The second-order valence-corrected chi connectivity index (χ2v) is 2.39. The van der Waals surface area contributed by atoms with Gasteiger partial charge in [0.05, 0.1) is 0 Å². The van der Waals surface area contributed by atoms with Crippen LogP contribution < -0.4 is 5.84 Å². The lowest BCUT2D eigenvalue weighted by Gasteiger charge is -2.13. The van der Waals surface area contributed by atoms with Crippen LogP contribution in [0.1, 0.15) is 33.1 Å². The molecule has 0 unspecified atom stereocenters. The van der Waals surface area contributed by atoms with Crippen molar-refractivity contribution in [2.24, 2.45) is 5.84 Å². The lowest BCUT2D eigenvalue weighted by Crippen LogP contribution is -2.32. The van der Waals surface area contributed by atoms with Gasteiger partial charge in [-0.3, -0.25) is 5.84 Å². The first kappa shape index (κ1) is 8.92. The maximum Gasteiger partial charge on any atom is 0.0128 e. The molecular formula is C7H18N2. The van der Waals surface area contributed by atoms with Crippen molar-refractivity contribution in [3.05, 3.63) is 0 Å². The fourth-order valence-corrected chi connectivity index (χ4v) is 0.760. The Kier molecular flexibility index (Phi) is 5.99. The Bertz CT molecular complexity index is 54.9. The summed E-state index contributed by atoms with van der Waals surface area (Å²) in [6.07, 6.45) is 3.61. The van der Waals surface area contributed by atoms with E-state index in [1.807, 2.05) is 5.01 Å². The van der Waals surface area contributed by atoms with Crippen molar-refractivity contribution in [1.82, 2.24) is 5.01 Å². The van der Waals surface area contributed by atoms with Gasteiger partial charge in [-0.05, 0) is 12.8 Å². The monoisotopic (exact) mass is 130 g/mol. The maximum atomic E-state index is 5.60. The molecule has 0 spiro atoms. The van der Waals surface area contributed by atoms with Crippen molar-refractivity contribution < 1.29 is 0 Å². The smallest absolute Gasteiger partial charge is 0.0128 e. The summed E-state index contributed by atoms with van der Waals surface area (Å²) in [4.78, 5) is 0. The molecule has 0 aromatic rings. The summed E-state index contributed by atoms with van der Waals surface area (Å²) in [5.74, 6) is 5.60. The van der Waals surface area contributed by atoms with Gasteiger partial charge in [-0.1, -0.05) is 20.3 Å². The van der Waals surface area contributed by atoms with Crippen molar-refractivity contribution >= 4 is 0 Å². The van der Waals surface area contributed by atoms with Gasteiger partial charge >= 0.3 is 0 Å². The third-order valence-electron chi connectivity index (χ3n) is 1.31.